The Balaban J connectivity index is 2.11. The van der Waals surface area contributed by atoms with E-state index in [1.807, 2.05) is 0 Å². The third-order valence-electron chi connectivity index (χ3n) is 3.24. The zero-order chi connectivity index (χ0) is 16.8. The quantitative estimate of drug-likeness (QED) is 0.717. The molecule has 0 fully saturated rings. The number of carbonyl (C=O) groups is 1. The summed E-state index contributed by atoms with van der Waals surface area (Å²) in [5.74, 6) is 0.396. The predicted molar refractivity (Wildman–Crippen MR) is 84.2 cm³/mol. The Bertz CT molecular complexity index is 690. The molecule has 0 aliphatic heterocycles. The summed E-state index contributed by atoms with van der Waals surface area (Å²) in [6, 6.07) is 9.74. The molecule has 23 heavy (non-hydrogen) atoms. The van der Waals surface area contributed by atoms with Crippen LogP contribution in [0, 0.1) is 0 Å². The number of benzene rings is 1. The fourth-order valence-electron chi connectivity index (χ4n) is 2.06. The zero-order valence-electron chi connectivity index (χ0n) is 12.8. The number of aromatic carboxylic acids is 1. The standard InChI is InChI=1S/C16H18N2O5/c1-22-10-6-7-14(23-2)11(8-10)13(19)9-17-15-5-3-4-12(18-15)16(20)21/h3-8,13,19H,9H2,1-2H3,(H,17,18)(H,20,21). The van der Waals surface area contributed by atoms with Gasteiger partial charge in [0, 0.05) is 12.1 Å². The molecule has 7 nitrogen and oxygen atoms in total. The van der Waals surface area contributed by atoms with Crippen molar-refractivity contribution < 1.29 is 24.5 Å². The van der Waals surface area contributed by atoms with Crippen molar-refractivity contribution in [1.82, 2.24) is 4.98 Å². The van der Waals surface area contributed by atoms with Gasteiger partial charge in [0.1, 0.15) is 17.3 Å². The molecule has 0 saturated heterocycles. The number of anilines is 1. The van der Waals surface area contributed by atoms with Gasteiger partial charge in [0.05, 0.1) is 20.3 Å². The molecule has 0 aliphatic rings. The molecule has 2 aromatic rings. The maximum Gasteiger partial charge on any atom is 0.354 e. The van der Waals surface area contributed by atoms with E-state index in [1.54, 1.807) is 30.3 Å². The molecule has 1 aromatic heterocycles. The van der Waals surface area contributed by atoms with Crippen molar-refractivity contribution in [3.63, 3.8) is 0 Å². The fourth-order valence-corrected chi connectivity index (χ4v) is 2.06. The number of aromatic nitrogens is 1. The molecule has 7 heteroatoms. The lowest BCUT2D eigenvalue weighted by Crippen LogP contribution is -2.14. The van der Waals surface area contributed by atoms with Gasteiger partial charge in [-0.05, 0) is 30.3 Å². The molecule has 1 heterocycles. The van der Waals surface area contributed by atoms with Crippen LogP contribution in [-0.2, 0) is 0 Å². The number of rotatable bonds is 7. The molecule has 0 bridgehead atoms. The van der Waals surface area contributed by atoms with E-state index in [2.05, 4.69) is 10.3 Å². The Hall–Kier alpha value is -2.80. The highest BCUT2D eigenvalue weighted by molar-refractivity contribution is 5.85. The molecule has 0 amide bonds. The molecule has 0 aliphatic carbocycles. The average Bonchev–Trinajstić information content (AvgIpc) is 2.59. The highest BCUT2D eigenvalue weighted by Gasteiger charge is 2.15. The van der Waals surface area contributed by atoms with Gasteiger partial charge in [0.25, 0.3) is 0 Å². The Morgan fingerprint density at radius 3 is 2.70 bits per heavy atom. The maximum atomic E-state index is 10.9. The summed E-state index contributed by atoms with van der Waals surface area (Å²) >= 11 is 0. The van der Waals surface area contributed by atoms with E-state index in [-0.39, 0.29) is 12.2 Å². The summed E-state index contributed by atoms with van der Waals surface area (Å²) < 4.78 is 10.4. The summed E-state index contributed by atoms with van der Waals surface area (Å²) in [7, 11) is 3.06. The van der Waals surface area contributed by atoms with E-state index in [1.165, 1.54) is 20.3 Å². The third-order valence-corrected chi connectivity index (χ3v) is 3.24. The molecular formula is C16H18N2O5. The number of hydrogen-bond donors (Lipinski definition) is 3. The maximum absolute atomic E-state index is 10.9. The van der Waals surface area contributed by atoms with Crippen LogP contribution in [0.25, 0.3) is 0 Å². The fraction of sp³-hybridized carbons (Fsp3) is 0.250. The molecule has 2 rings (SSSR count). The van der Waals surface area contributed by atoms with E-state index in [0.29, 0.717) is 22.9 Å². The number of hydrogen-bond acceptors (Lipinski definition) is 6. The zero-order valence-corrected chi connectivity index (χ0v) is 12.8. The lowest BCUT2D eigenvalue weighted by Gasteiger charge is -2.17. The van der Waals surface area contributed by atoms with Crippen LogP contribution in [-0.4, -0.2) is 41.9 Å². The van der Waals surface area contributed by atoms with Gasteiger partial charge in [-0.1, -0.05) is 6.07 Å². The smallest absolute Gasteiger partial charge is 0.354 e. The van der Waals surface area contributed by atoms with Gasteiger partial charge in [-0.2, -0.15) is 0 Å². The first-order chi connectivity index (χ1) is 11.0. The summed E-state index contributed by atoms with van der Waals surface area (Å²) in [5.41, 5.74) is 0.497. The van der Waals surface area contributed by atoms with Crippen molar-refractivity contribution in [2.24, 2.45) is 0 Å². The lowest BCUT2D eigenvalue weighted by molar-refractivity contribution is 0.0690. The average molecular weight is 318 g/mol. The minimum absolute atomic E-state index is 0.0662. The number of aliphatic hydroxyl groups is 1. The van der Waals surface area contributed by atoms with Crippen LogP contribution in [0.15, 0.2) is 36.4 Å². The first-order valence-electron chi connectivity index (χ1n) is 6.89. The number of carboxylic acids is 1. The summed E-state index contributed by atoms with van der Waals surface area (Å²) in [6.07, 6.45) is -0.879. The third kappa shape index (κ3) is 4.10. The number of carboxylic acid groups (broad SMARTS) is 1. The SMILES string of the molecule is COc1ccc(OC)c(C(O)CNc2cccc(C(=O)O)n2)c1. The molecule has 3 N–H and O–H groups in total. The lowest BCUT2D eigenvalue weighted by atomic mass is 10.1. The number of methoxy groups -OCH3 is 2. The van der Waals surface area contributed by atoms with E-state index in [0.717, 1.165) is 0 Å². The molecule has 0 spiro atoms. The molecule has 122 valence electrons. The molecule has 1 atom stereocenters. The number of ether oxygens (including phenoxy) is 2. The van der Waals surface area contributed by atoms with Crippen molar-refractivity contribution in [3.8, 4) is 11.5 Å². The predicted octanol–water partition coefficient (Wildman–Crippen LogP) is 1.94. The Morgan fingerprint density at radius 2 is 2.04 bits per heavy atom. The highest BCUT2D eigenvalue weighted by Crippen LogP contribution is 2.29. The van der Waals surface area contributed by atoms with Gasteiger partial charge in [-0.15, -0.1) is 0 Å². The normalized spacial score (nSPS) is 11.6. The van der Waals surface area contributed by atoms with E-state index < -0.39 is 12.1 Å². The Labute approximate surface area is 133 Å². The Morgan fingerprint density at radius 1 is 1.26 bits per heavy atom. The van der Waals surface area contributed by atoms with Crippen LogP contribution >= 0.6 is 0 Å². The molecule has 0 saturated carbocycles. The van der Waals surface area contributed by atoms with Gasteiger partial charge in [0.15, 0.2) is 5.69 Å². The van der Waals surface area contributed by atoms with Gasteiger partial charge >= 0.3 is 5.97 Å². The largest absolute Gasteiger partial charge is 0.497 e. The molecular weight excluding hydrogens is 300 g/mol. The number of aliphatic hydroxyl groups excluding tert-OH is 1. The number of pyridine rings is 1. The van der Waals surface area contributed by atoms with E-state index in [9.17, 15) is 9.90 Å². The second-order valence-electron chi connectivity index (χ2n) is 4.72. The number of nitrogens with one attached hydrogen (secondary N) is 1. The van der Waals surface area contributed by atoms with Gasteiger partial charge < -0.3 is 25.0 Å². The first kappa shape index (κ1) is 16.6. The minimum atomic E-state index is -1.11. The topological polar surface area (TPSA) is 101 Å². The monoisotopic (exact) mass is 318 g/mol. The van der Waals surface area contributed by atoms with Crippen LogP contribution in [0.3, 0.4) is 0 Å². The second kappa shape index (κ2) is 7.46. The summed E-state index contributed by atoms with van der Waals surface area (Å²) in [5, 5.41) is 22.2. The van der Waals surface area contributed by atoms with Crippen LogP contribution in [0.4, 0.5) is 5.82 Å². The van der Waals surface area contributed by atoms with Crippen molar-refractivity contribution in [3.05, 3.63) is 47.7 Å². The number of nitrogens with zero attached hydrogens (tertiary/aromatic N) is 1. The van der Waals surface area contributed by atoms with Gasteiger partial charge in [-0.3, -0.25) is 0 Å². The van der Waals surface area contributed by atoms with Gasteiger partial charge in [0.2, 0.25) is 0 Å². The highest BCUT2D eigenvalue weighted by atomic mass is 16.5. The summed E-state index contributed by atoms with van der Waals surface area (Å²) in [4.78, 5) is 14.8. The van der Waals surface area contributed by atoms with E-state index in [4.69, 9.17) is 14.6 Å². The second-order valence-corrected chi connectivity index (χ2v) is 4.72. The minimum Gasteiger partial charge on any atom is -0.497 e. The van der Waals surface area contributed by atoms with Crippen LogP contribution in [0.1, 0.15) is 22.2 Å². The van der Waals surface area contributed by atoms with Crippen LogP contribution in [0.2, 0.25) is 0 Å². The first-order valence-corrected chi connectivity index (χ1v) is 6.89. The van der Waals surface area contributed by atoms with Crippen molar-refractivity contribution in [2.45, 2.75) is 6.10 Å². The van der Waals surface area contributed by atoms with E-state index >= 15 is 0 Å². The van der Waals surface area contributed by atoms with Crippen molar-refractivity contribution in [2.75, 3.05) is 26.1 Å². The molecule has 1 unspecified atom stereocenters. The molecule has 1 aromatic carbocycles. The summed E-state index contributed by atoms with van der Waals surface area (Å²) in [6.45, 7) is 0.138. The van der Waals surface area contributed by atoms with Crippen LogP contribution < -0.4 is 14.8 Å². The van der Waals surface area contributed by atoms with Gasteiger partial charge in [-0.25, -0.2) is 9.78 Å². The van der Waals surface area contributed by atoms with Crippen molar-refractivity contribution in [1.29, 1.82) is 0 Å². The molecule has 0 radical (unpaired) electrons. The van der Waals surface area contributed by atoms with Crippen molar-refractivity contribution >= 4 is 11.8 Å². The Kier molecular flexibility index (Phi) is 5.37. The van der Waals surface area contributed by atoms with Crippen LogP contribution in [0.5, 0.6) is 11.5 Å².